The van der Waals surface area contributed by atoms with Gasteiger partial charge in [-0.2, -0.15) is 0 Å². The molecule has 22 heavy (non-hydrogen) atoms. The molecule has 1 amide bonds. The first-order valence-corrected chi connectivity index (χ1v) is 7.12. The van der Waals surface area contributed by atoms with Crippen molar-refractivity contribution in [2.75, 3.05) is 39.9 Å². The van der Waals surface area contributed by atoms with E-state index < -0.39 is 0 Å². The molecule has 2 aromatic rings. The summed E-state index contributed by atoms with van der Waals surface area (Å²) in [6.45, 7) is 3.21. The largest absolute Gasteiger partial charge is 0.459 e. The van der Waals surface area contributed by atoms with E-state index in [0.717, 1.165) is 0 Å². The van der Waals surface area contributed by atoms with Gasteiger partial charge in [0.1, 0.15) is 0 Å². The zero-order valence-corrected chi connectivity index (χ0v) is 12.4. The number of hydrogen-bond donors (Lipinski definition) is 0. The third-order valence-electron chi connectivity index (χ3n) is 3.37. The number of carbonyl (C=O) groups is 1. The van der Waals surface area contributed by atoms with Crippen molar-refractivity contribution in [3.63, 3.8) is 0 Å². The van der Waals surface area contributed by atoms with E-state index in [-0.39, 0.29) is 5.91 Å². The van der Waals surface area contributed by atoms with E-state index >= 15 is 0 Å². The molecule has 1 saturated heterocycles. The molecule has 3 heterocycles. The Labute approximate surface area is 127 Å². The maximum absolute atomic E-state index is 12.1. The second-order valence-electron chi connectivity index (χ2n) is 5.14. The average Bonchev–Trinajstić information content (AvgIpc) is 3.19. The average molecular weight is 306 g/mol. The topological polar surface area (TPSA) is 84.8 Å². The molecule has 1 aliphatic heterocycles. The molecule has 0 atom stereocenters. The van der Waals surface area contributed by atoms with Crippen LogP contribution in [0.4, 0.5) is 0 Å². The zero-order valence-electron chi connectivity index (χ0n) is 12.4. The maximum Gasteiger partial charge on any atom is 0.283 e. The molecule has 0 unspecified atom stereocenters. The molecule has 2 aromatic heterocycles. The first kappa shape index (κ1) is 14.7. The monoisotopic (exact) mass is 306 g/mol. The second kappa shape index (κ2) is 6.71. The van der Waals surface area contributed by atoms with Crippen LogP contribution in [-0.4, -0.2) is 65.8 Å². The summed E-state index contributed by atoms with van der Waals surface area (Å²) in [7, 11) is 1.84. The molecule has 0 spiro atoms. The minimum absolute atomic E-state index is 0.0802. The van der Waals surface area contributed by atoms with Gasteiger partial charge in [-0.1, -0.05) is 0 Å². The van der Waals surface area contributed by atoms with Gasteiger partial charge >= 0.3 is 0 Å². The lowest BCUT2D eigenvalue weighted by Gasteiger charge is -2.28. The summed E-state index contributed by atoms with van der Waals surface area (Å²) >= 11 is 0. The van der Waals surface area contributed by atoms with Crippen molar-refractivity contribution in [1.82, 2.24) is 20.0 Å². The van der Waals surface area contributed by atoms with E-state index in [4.69, 9.17) is 13.6 Å². The Hall–Kier alpha value is -2.19. The fraction of sp³-hybridized carbons (Fsp3) is 0.500. The summed E-state index contributed by atoms with van der Waals surface area (Å²) in [6, 6.07) is 3.51. The lowest BCUT2D eigenvalue weighted by atomic mass is 10.4. The molecule has 118 valence electrons. The quantitative estimate of drug-likeness (QED) is 0.800. The third kappa shape index (κ3) is 3.52. The van der Waals surface area contributed by atoms with Gasteiger partial charge in [0.25, 0.3) is 5.89 Å². The lowest BCUT2D eigenvalue weighted by Crippen LogP contribution is -2.44. The fourth-order valence-corrected chi connectivity index (χ4v) is 2.25. The van der Waals surface area contributed by atoms with Crippen molar-refractivity contribution in [2.24, 2.45) is 0 Å². The minimum atomic E-state index is 0.0802. The van der Waals surface area contributed by atoms with E-state index in [9.17, 15) is 4.79 Å². The van der Waals surface area contributed by atoms with Crippen molar-refractivity contribution in [3.8, 4) is 11.7 Å². The van der Waals surface area contributed by atoms with Gasteiger partial charge < -0.3 is 18.5 Å². The van der Waals surface area contributed by atoms with Gasteiger partial charge in [0, 0.05) is 13.1 Å². The predicted octanol–water partition coefficient (Wildman–Crippen LogP) is 0.620. The fourth-order valence-electron chi connectivity index (χ4n) is 2.25. The second-order valence-corrected chi connectivity index (χ2v) is 5.14. The van der Waals surface area contributed by atoms with Gasteiger partial charge in [-0.25, -0.2) is 0 Å². The van der Waals surface area contributed by atoms with Gasteiger partial charge in [-0.15, -0.1) is 10.2 Å². The van der Waals surface area contributed by atoms with Crippen LogP contribution in [0.25, 0.3) is 11.7 Å². The van der Waals surface area contributed by atoms with Gasteiger partial charge in [0.2, 0.25) is 11.8 Å². The number of furan rings is 1. The Morgan fingerprint density at radius 3 is 2.91 bits per heavy atom. The summed E-state index contributed by atoms with van der Waals surface area (Å²) in [5, 5.41) is 7.90. The van der Waals surface area contributed by atoms with E-state index in [1.54, 1.807) is 18.4 Å². The van der Waals surface area contributed by atoms with Crippen molar-refractivity contribution in [3.05, 3.63) is 24.3 Å². The van der Waals surface area contributed by atoms with Crippen LogP contribution in [0.1, 0.15) is 5.89 Å². The molecule has 1 aliphatic rings. The number of morpholine rings is 1. The molecule has 0 aliphatic carbocycles. The molecule has 0 N–H and O–H groups in total. The Balaban J connectivity index is 1.53. The summed E-state index contributed by atoms with van der Waals surface area (Å²) < 4.78 is 16.0. The summed E-state index contributed by atoms with van der Waals surface area (Å²) in [4.78, 5) is 15.8. The van der Waals surface area contributed by atoms with E-state index in [1.165, 1.54) is 0 Å². The molecule has 0 saturated carbocycles. The first-order valence-electron chi connectivity index (χ1n) is 7.12. The molecule has 0 radical (unpaired) electrons. The van der Waals surface area contributed by atoms with Gasteiger partial charge in [-0.05, 0) is 19.2 Å². The Kier molecular flexibility index (Phi) is 4.50. The van der Waals surface area contributed by atoms with Crippen LogP contribution in [0.15, 0.2) is 27.2 Å². The Morgan fingerprint density at radius 1 is 1.36 bits per heavy atom. The molecule has 3 rings (SSSR count). The number of aromatic nitrogens is 2. The number of carbonyl (C=O) groups excluding carboxylic acids is 1. The van der Waals surface area contributed by atoms with Gasteiger partial charge in [0.05, 0.1) is 32.6 Å². The standard InChI is InChI=1S/C14H18N4O4/c1-17(10-13(19)18-4-7-20-8-5-18)9-12-15-16-14(22-12)11-3-2-6-21-11/h2-3,6H,4-5,7-10H2,1H3. The summed E-state index contributed by atoms with van der Waals surface area (Å²) in [5.74, 6) is 1.40. The Bertz CT molecular complexity index is 604. The summed E-state index contributed by atoms with van der Waals surface area (Å²) in [6.07, 6.45) is 1.55. The van der Waals surface area contributed by atoms with Crippen LogP contribution in [0.3, 0.4) is 0 Å². The van der Waals surface area contributed by atoms with Crippen LogP contribution >= 0.6 is 0 Å². The van der Waals surface area contributed by atoms with E-state index in [1.807, 2.05) is 16.8 Å². The minimum Gasteiger partial charge on any atom is -0.459 e. The Morgan fingerprint density at radius 2 is 2.18 bits per heavy atom. The zero-order chi connectivity index (χ0) is 15.4. The highest BCUT2D eigenvalue weighted by Gasteiger charge is 2.19. The van der Waals surface area contributed by atoms with Gasteiger partial charge in [-0.3, -0.25) is 9.69 Å². The number of hydrogen-bond acceptors (Lipinski definition) is 7. The van der Waals surface area contributed by atoms with Crippen LogP contribution in [0.5, 0.6) is 0 Å². The smallest absolute Gasteiger partial charge is 0.283 e. The third-order valence-corrected chi connectivity index (χ3v) is 3.37. The predicted molar refractivity (Wildman–Crippen MR) is 75.7 cm³/mol. The van der Waals surface area contributed by atoms with Crippen molar-refractivity contribution in [2.45, 2.75) is 6.54 Å². The van der Waals surface area contributed by atoms with Crippen LogP contribution in [-0.2, 0) is 16.1 Å². The number of amides is 1. The highest BCUT2D eigenvalue weighted by atomic mass is 16.5. The molecular formula is C14H18N4O4. The van der Waals surface area contributed by atoms with Crippen LogP contribution in [0, 0.1) is 0 Å². The SMILES string of the molecule is CN(CC(=O)N1CCOCC1)Cc1nnc(-c2ccco2)o1. The lowest BCUT2D eigenvalue weighted by molar-refractivity contribution is -0.136. The van der Waals surface area contributed by atoms with Crippen molar-refractivity contribution >= 4 is 5.91 Å². The van der Waals surface area contributed by atoms with E-state index in [2.05, 4.69) is 10.2 Å². The summed E-state index contributed by atoms with van der Waals surface area (Å²) in [5.41, 5.74) is 0. The van der Waals surface area contributed by atoms with Crippen molar-refractivity contribution in [1.29, 1.82) is 0 Å². The van der Waals surface area contributed by atoms with Crippen LogP contribution in [0.2, 0.25) is 0 Å². The maximum atomic E-state index is 12.1. The van der Waals surface area contributed by atoms with Gasteiger partial charge in [0.15, 0.2) is 5.76 Å². The first-order chi connectivity index (χ1) is 10.7. The molecular weight excluding hydrogens is 288 g/mol. The molecule has 0 bridgehead atoms. The number of likely N-dealkylation sites (N-methyl/N-ethyl adjacent to an activating group) is 1. The molecule has 8 nitrogen and oxygen atoms in total. The number of nitrogens with zero attached hydrogens (tertiary/aromatic N) is 4. The highest BCUT2D eigenvalue weighted by molar-refractivity contribution is 5.78. The molecule has 8 heteroatoms. The number of rotatable bonds is 5. The molecule has 0 aromatic carbocycles. The highest BCUT2D eigenvalue weighted by Crippen LogP contribution is 2.18. The van der Waals surface area contributed by atoms with Crippen LogP contribution < -0.4 is 0 Å². The number of ether oxygens (including phenoxy) is 1. The molecule has 1 fully saturated rings. The normalized spacial score (nSPS) is 15.5. The van der Waals surface area contributed by atoms with E-state index in [0.29, 0.717) is 56.9 Å². The van der Waals surface area contributed by atoms with Crippen molar-refractivity contribution < 1.29 is 18.4 Å².